The Bertz CT molecular complexity index is 309. The lowest BCUT2D eigenvalue weighted by atomic mass is 10.1. The molecule has 0 spiro atoms. The van der Waals surface area contributed by atoms with E-state index in [1.54, 1.807) is 7.11 Å². The number of hydrazine groups is 1. The van der Waals surface area contributed by atoms with Crippen LogP contribution in [0.4, 0.5) is 0 Å². The standard InChI is InChI=1S/C9H12BrClN2O/c1-14-5-9(13-12)7-3-2-6(10)4-8(7)11/h2-4,9,13H,5,12H2,1H3. The number of halogens is 2. The van der Waals surface area contributed by atoms with Gasteiger partial charge in [0, 0.05) is 16.6 Å². The minimum Gasteiger partial charge on any atom is -0.383 e. The van der Waals surface area contributed by atoms with Crippen molar-refractivity contribution in [2.24, 2.45) is 5.84 Å². The fourth-order valence-electron chi connectivity index (χ4n) is 1.18. The van der Waals surface area contributed by atoms with Gasteiger partial charge in [-0.25, -0.2) is 0 Å². The van der Waals surface area contributed by atoms with Gasteiger partial charge in [0.15, 0.2) is 0 Å². The van der Waals surface area contributed by atoms with Crippen LogP contribution < -0.4 is 11.3 Å². The average molecular weight is 280 g/mol. The SMILES string of the molecule is COCC(NN)c1ccc(Br)cc1Cl. The van der Waals surface area contributed by atoms with Crippen molar-refractivity contribution in [2.45, 2.75) is 6.04 Å². The minimum atomic E-state index is -0.0828. The van der Waals surface area contributed by atoms with Gasteiger partial charge in [-0.1, -0.05) is 33.6 Å². The van der Waals surface area contributed by atoms with Crippen LogP contribution in [0.3, 0.4) is 0 Å². The summed E-state index contributed by atoms with van der Waals surface area (Å²) in [5.41, 5.74) is 3.58. The molecule has 1 aromatic carbocycles. The Labute approximate surface area is 96.7 Å². The third-order valence-corrected chi connectivity index (χ3v) is 2.69. The zero-order chi connectivity index (χ0) is 10.6. The van der Waals surface area contributed by atoms with Crippen LogP contribution in [0.5, 0.6) is 0 Å². The number of nitrogens with two attached hydrogens (primary N) is 1. The van der Waals surface area contributed by atoms with Crippen LogP contribution >= 0.6 is 27.5 Å². The van der Waals surface area contributed by atoms with Crippen molar-refractivity contribution in [2.75, 3.05) is 13.7 Å². The molecular weight excluding hydrogens is 267 g/mol. The van der Waals surface area contributed by atoms with Crippen molar-refractivity contribution in [3.63, 3.8) is 0 Å². The van der Waals surface area contributed by atoms with Crippen LogP contribution in [0.15, 0.2) is 22.7 Å². The monoisotopic (exact) mass is 278 g/mol. The predicted molar refractivity (Wildman–Crippen MR) is 61.1 cm³/mol. The molecule has 3 nitrogen and oxygen atoms in total. The summed E-state index contributed by atoms with van der Waals surface area (Å²) in [6.45, 7) is 0.484. The molecular formula is C9H12BrClN2O. The zero-order valence-electron chi connectivity index (χ0n) is 7.76. The minimum absolute atomic E-state index is 0.0828. The number of methoxy groups -OCH3 is 1. The molecule has 0 bridgehead atoms. The van der Waals surface area contributed by atoms with E-state index >= 15 is 0 Å². The molecule has 1 aromatic rings. The first kappa shape index (κ1) is 11.9. The maximum Gasteiger partial charge on any atom is 0.0708 e. The maximum absolute atomic E-state index is 6.06. The van der Waals surface area contributed by atoms with E-state index in [-0.39, 0.29) is 6.04 Å². The quantitative estimate of drug-likeness (QED) is 0.656. The second-order valence-electron chi connectivity index (χ2n) is 2.84. The molecule has 0 amide bonds. The van der Waals surface area contributed by atoms with E-state index in [2.05, 4.69) is 21.4 Å². The highest BCUT2D eigenvalue weighted by molar-refractivity contribution is 9.10. The molecule has 0 fully saturated rings. The molecule has 5 heteroatoms. The normalized spacial score (nSPS) is 12.9. The third-order valence-electron chi connectivity index (χ3n) is 1.87. The molecule has 0 aliphatic carbocycles. The first-order valence-corrected chi connectivity index (χ1v) is 5.26. The Morgan fingerprint density at radius 3 is 2.86 bits per heavy atom. The highest BCUT2D eigenvalue weighted by atomic mass is 79.9. The van der Waals surface area contributed by atoms with Crippen molar-refractivity contribution in [1.29, 1.82) is 0 Å². The largest absolute Gasteiger partial charge is 0.383 e. The van der Waals surface area contributed by atoms with Crippen molar-refractivity contribution in [3.05, 3.63) is 33.3 Å². The van der Waals surface area contributed by atoms with Crippen LogP contribution in [-0.4, -0.2) is 13.7 Å². The predicted octanol–water partition coefficient (Wildman–Crippen LogP) is 2.25. The summed E-state index contributed by atoms with van der Waals surface area (Å²) >= 11 is 9.40. The van der Waals surface area contributed by atoms with E-state index in [0.717, 1.165) is 10.0 Å². The Kier molecular flexibility index (Phi) is 4.84. The molecule has 1 unspecified atom stereocenters. The van der Waals surface area contributed by atoms with E-state index in [1.807, 2.05) is 18.2 Å². The first-order chi connectivity index (χ1) is 6.69. The molecule has 3 N–H and O–H groups in total. The lowest BCUT2D eigenvalue weighted by Gasteiger charge is -2.16. The lowest BCUT2D eigenvalue weighted by Crippen LogP contribution is -2.31. The molecule has 0 saturated carbocycles. The van der Waals surface area contributed by atoms with E-state index < -0.39 is 0 Å². The summed E-state index contributed by atoms with van der Waals surface area (Å²) < 4.78 is 5.97. The topological polar surface area (TPSA) is 47.3 Å². The van der Waals surface area contributed by atoms with Crippen LogP contribution in [0.25, 0.3) is 0 Å². The molecule has 0 aliphatic rings. The van der Waals surface area contributed by atoms with E-state index in [0.29, 0.717) is 11.6 Å². The molecule has 0 aromatic heterocycles. The summed E-state index contributed by atoms with van der Waals surface area (Å²) in [7, 11) is 1.62. The summed E-state index contributed by atoms with van der Waals surface area (Å²) in [5, 5.41) is 0.666. The van der Waals surface area contributed by atoms with Gasteiger partial charge < -0.3 is 4.74 Å². The Hall–Kier alpha value is -0.130. The fraction of sp³-hybridized carbons (Fsp3) is 0.333. The molecule has 0 radical (unpaired) electrons. The lowest BCUT2D eigenvalue weighted by molar-refractivity contribution is 0.167. The Balaban J connectivity index is 2.92. The van der Waals surface area contributed by atoms with Crippen LogP contribution in [0.1, 0.15) is 11.6 Å². The number of hydrogen-bond donors (Lipinski definition) is 2. The summed E-state index contributed by atoms with van der Waals surface area (Å²) in [5.74, 6) is 5.40. The van der Waals surface area contributed by atoms with E-state index in [9.17, 15) is 0 Å². The smallest absolute Gasteiger partial charge is 0.0708 e. The molecule has 1 atom stereocenters. The average Bonchev–Trinajstić information content (AvgIpc) is 2.15. The molecule has 1 rings (SSSR count). The highest BCUT2D eigenvalue weighted by Gasteiger charge is 2.12. The van der Waals surface area contributed by atoms with E-state index in [1.165, 1.54) is 0 Å². The number of hydrogen-bond acceptors (Lipinski definition) is 3. The summed E-state index contributed by atoms with van der Waals surface area (Å²) in [6, 6.07) is 5.58. The van der Waals surface area contributed by atoms with Crippen LogP contribution in [-0.2, 0) is 4.74 Å². The maximum atomic E-state index is 6.06. The molecule has 0 heterocycles. The van der Waals surface area contributed by atoms with Gasteiger partial charge in [-0.2, -0.15) is 0 Å². The van der Waals surface area contributed by atoms with Gasteiger partial charge in [0.2, 0.25) is 0 Å². The van der Waals surface area contributed by atoms with Crippen molar-refractivity contribution < 1.29 is 4.74 Å². The van der Waals surface area contributed by atoms with Gasteiger partial charge in [-0.15, -0.1) is 0 Å². The zero-order valence-corrected chi connectivity index (χ0v) is 10.1. The highest BCUT2D eigenvalue weighted by Crippen LogP contribution is 2.26. The number of ether oxygens (including phenoxy) is 1. The second kappa shape index (κ2) is 5.68. The molecule has 0 aliphatic heterocycles. The Morgan fingerprint density at radius 2 is 2.36 bits per heavy atom. The third kappa shape index (κ3) is 2.93. The second-order valence-corrected chi connectivity index (χ2v) is 4.16. The fourth-order valence-corrected chi connectivity index (χ4v) is 1.98. The molecule has 14 heavy (non-hydrogen) atoms. The number of benzene rings is 1. The van der Waals surface area contributed by atoms with Crippen LogP contribution in [0.2, 0.25) is 5.02 Å². The number of nitrogens with one attached hydrogen (secondary N) is 1. The molecule has 0 saturated heterocycles. The van der Waals surface area contributed by atoms with E-state index in [4.69, 9.17) is 22.2 Å². The number of rotatable bonds is 4. The van der Waals surface area contributed by atoms with Gasteiger partial charge in [-0.05, 0) is 17.7 Å². The van der Waals surface area contributed by atoms with Crippen molar-refractivity contribution in [1.82, 2.24) is 5.43 Å². The first-order valence-electron chi connectivity index (χ1n) is 4.09. The van der Waals surface area contributed by atoms with Crippen LogP contribution in [0, 0.1) is 0 Å². The van der Waals surface area contributed by atoms with Gasteiger partial charge in [0.1, 0.15) is 0 Å². The van der Waals surface area contributed by atoms with Crippen molar-refractivity contribution >= 4 is 27.5 Å². The Morgan fingerprint density at radius 1 is 1.64 bits per heavy atom. The van der Waals surface area contributed by atoms with Gasteiger partial charge in [-0.3, -0.25) is 11.3 Å². The van der Waals surface area contributed by atoms with Crippen molar-refractivity contribution in [3.8, 4) is 0 Å². The van der Waals surface area contributed by atoms with Gasteiger partial charge >= 0.3 is 0 Å². The summed E-state index contributed by atoms with van der Waals surface area (Å²) in [4.78, 5) is 0. The molecule has 78 valence electrons. The summed E-state index contributed by atoms with van der Waals surface area (Å²) in [6.07, 6.45) is 0. The van der Waals surface area contributed by atoms with Gasteiger partial charge in [0.05, 0.1) is 12.6 Å². The van der Waals surface area contributed by atoms with Gasteiger partial charge in [0.25, 0.3) is 0 Å².